The Hall–Kier alpha value is -2.37. The van der Waals surface area contributed by atoms with Gasteiger partial charge in [-0.25, -0.2) is 4.39 Å². The van der Waals surface area contributed by atoms with Crippen LogP contribution in [0.4, 0.5) is 15.8 Å². The van der Waals surface area contributed by atoms with Crippen LogP contribution in [0.2, 0.25) is 0 Å². The Balaban J connectivity index is 2.24. The second-order valence-electron chi connectivity index (χ2n) is 3.49. The zero-order valence-electron chi connectivity index (χ0n) is 9.03. The average molecular weight is 235 g/mol. The van der Waals surface area contributed by atoms with E-state index in [0.29, 0.717) is 5.69 Å². The molecule has 88 valence electrons. The number of nitrogens with one attached hydrogen (secondary N) is 1. The van der Waals surface area contributed by atoms with E-state index in [9.17, 15) is 9.18 Å². The van der Waals surface area contributed by atoms with Crippen molar-refractivity contribution in [2.75, 3.05) is 11.1 Å². The van der Waals surface area contributed by atoms with Crippen LogP contribution >= 0.6 is 0 Å². The number of nitrogens with two attached hydrogens (primary N) is 1. The van der Waals surface area contributed by atoms with Gasteiger partial charge in [0.25, 0.3) is 5.91 Å². The Morgan fingerprint density at radius 1 is 1.53 bits per heavy atom. The van der Waals surface area contributed by atoms with E-state index in [1.54, 1.807) is 6.92 Å². The predicted molar refractivity (Wildman–Crippen MR) is 60.0 cm³/mol. The maximum atomic E-state index is 13.4. The number of carbonyl (C=O) groups excluding carboxylic acids is 1. The van der Waals surface area contributed by atoms with Crippen LogP contribution in [-0.2, 0) is 0 Å². The van der Waals surface area contributed by atoms with E-state index >= 15 is 0 Å². The lowest BCUT2D eigenvalue weighted by Crippen LogP contribution is -2.13. The van der Waals surface area contributed by atoms with Crippen LogP contribution in [0.25, 0.3) is 0 Å². The number of halogens is 1. The lowest BCUT2D eigenvalue weighted by molar-refractivity contribution is 0.0987. The van der Waals surface area contributed by atoms with Gasteiger partial charge in [0.1, 0.15) is 11.5 Å². The van der Waals surface area contributed by atoms with Crippen molar-refractivity contribution in [3.05, 3.63) is 41.5 Å². The predicted octanol–water partition coefficient (Wildman–Crippen LogP) is 1.96. The van der Waals surface area contributed by atoms with Crippen molar-refractivity contribution in [2.45, 2.75) is 6.92 Å². The largest absolute Gasteiger partial charge is 0.397 e. The minimum atomic E-state index is -0.602. The topological polar surface area (TPSA) is 81.2 Å². The summed E-state index contributed by atoms with van der Waals surface area (Å²) in [7, 11) is 0. The third-order valence-corrected chi connectivity index (χ3v) is 2.14. The Bertz CT molecular complexity index is 545. The molecule has 0 radical (unpaired) electrons. The molecule has 0 aliphatic rings. The SMILES string of the molecule is Cc1cc(C(=O)Nc2c(N)cccc2F)on1. The summed E-state index contributed by atoms with van der Waals surface area (Å²) in [6.07, 6.45) is 0. The van der Waals surface area contributed by atoms with Gasteiger partial charge in [-0.3, -0.25) is 4.79 Å². The van der Waals surface area contributed by atoms with Crippen LogP contribution < -0.4 is 11.1 Å². The molecule has 0 unspecified atom stereocenters. The standard InChI is InChI=1S/C11H10FN3O2/c1-6-5-9(17-15-6)11(16)14-10-7(12)3-2-4-8(10)13/h2-5H,13H2,1H3,(H,14,16). The van der Waals surface area contributed by atoms with Crippen LogP contribution in [0.15, 0.2) is 28.8 Å². The molecule has 0 aliphatic carbocycles. The zero-order chi connectivity index (χ0) is 12.4. The molecule has 0 spiro atoms. The molecule has 0 fully saturated rings. The number of rotatable bonds is 2. The number of anilines is 2. The molecule has 0 saturated heterocycles. The van der Waals surface area contributed by atoms with Gasteiger partial charge in [0.05, 0.1) is 11.4 Å². The molecule has 0 saturated carbocycles. The highest BCUT2D eigenvalue weighted by Crippen LogP contribution is 2.22. The van der Waals surface area contributed by atoms with Crippen LogP contribution in [0.3, 0.4) is 0 Å². The first-order chi connectivity index (χ1) is 8.08. The van der Waals surface area contributed by atoms with Gasteiger partial charge in [-0.2, -0.15) is 0 Å². The fourth-order valence-corrected chi connectivity index (χ4v) is 1.32. The van der Waals surface area contributed by atoms with Gasteiger partial charge in [-0.05, 0) is 19.1 Å². The van der Waals surface area contributed by atoms with Gasteiger partial charge in [-0.15, -0.1) is 0 Å². The summed E-state index contributed by atoms with van der Waals surface area (Å²) < 4.78 is 18.1. The quantitative estimate of drug-likeness (QED) is 0.779. The number of benzene rings is 1. The van der Waals surface area contributed by atoms with Gasteiger partial charge >= 0.3 is 0 Å². The number of aryl methyl sites for hydroxylation is 1. The first-order valence-electron chi connectivity index (χ1n) is 4.86. The number of amides is 1. The summed E-state index contributed by atoms with van der Waals surface area (Å²) in [5, 5.41) is 5.90. The number of hydrogen-bond acceptors (Lipinski definition) is 4. The van der Waals surface area contributed by atoms with E-state index in [0.717, 1.165) is 0 Å². The fraction of sp³-hybridized carbons (Fsp3) is 0.0909. The van der Waals surface area contributed by atoms with Crippen molar-refractivity contribution in [3.8, 4) is 0 Å². The molecule has 2 aromatic rings. The maximum Gasteiger partial charge on any atom is 0.294 e. The maximum absolute atomic E-state index is 13.4. The van der Waals surface area contributed by atoms with Crippen LogP contribution in [-0.4, -0.2) is 11.1 Å². The molecular formula is C11H10FN3O2. The normalized spacial score (nSPS) is 10.2. The number of carbonyl (C=O) groups is 1. The number of nitrogens with zero attached hydrogens (tertiary/aromatic N) is 1. The molecule has 0 atom stereocenters. The lowest BCUT2D eigenvalue weighted by Gasteiger charge is -2.06. The summed E-state index contributed by atoms with van der Waals surface area (Å²) in [5.41, 5.74) is 6.20. The summed E-state index contributed by atoms with van der Waals surface area (Å²) in [6.45, 7) is 1.68. The van der Waals surface area contributed by atoms with E-state index in [2.05, 4.69) is 10.5 Å². The third-order valence-electron chi connectivity index (χ3n) is 2.14. The number of nitrogen functional groups attached to an aromatic ring is 1. The minimum absolute atomic E-state index is 0.00477. The highest BCUT2D eigenvalue weighted by Gasteiger charge is 2.15. The second kappa shape index (κ2) is 4.25. The van der Waals surface area contributed by atoms with Crippen molar-refractivity contribution >= 4 is 17.3 Å². The van der Waals surface area contributed by atoms with Gasteiger partial charge in [-0.1, -0.05) is 11.2 Å². The van der Waals surface area contributed by atoms with Crippen molar-refractivity contribution in [1.29, 1.82) is 0 Å². The minimum Gasteiger partial charge on any atom is -0.397 e. The number of hydrogen-bond donors (Lipinski definition) is 2. The lowest BCUT2D eigenvalue weighted by atomic mass is 10.2. The van der Waals surface area contributed by atoms with Crippen molar-refractivity contribution in [2.24, 2.45) is 0 Å². The number of aromatic nitrogens is 1. The Morgan fingerprint density at radius 3 is 2.88 bits per heavy atom. The Labute approximate surface area is 96.4 Å². The van der Waals surface area contributed by atoms with Gasteiger partial charge in [0.2, 0.25) is 5.76 Å². The van der Waals surface area contributed by atoms with Crippen LogP contribution in [0, 0.1) is 12.7 Å². The molecule has 1 amide bonds. The summed E-state index contributed by atoms with van der Waals surface area (Å²) in [6, 6.07) is 5.60. The van der Waals surface area contributed by atoms with Gasteiger partial charge in [0, 0.05) is 6.07 Å². The highest BCUT2D eigenvalue weighted by molar-refractivity contribution is 6.03. The second-order valence-corrected chi connectivity index (χ2v) is 3.49. The zero-order valence-corrected chi connectivity index (χ0v) is 9.03. The molecule has 0 aliphatic heterocycles. The molecule has 1 aromatic heterocycles. The Kier molecular flexibility index (Phi) is 2.78. The van der Waals surface area contributed by atoms with Crippen molar-refractivity contribution in [1.82, 2.24) is 5.16 Å². The monoisotopic (exact) mass is 235 g/mol. The van der Waals surface area contributed by atoms with E-state index in [1.165, 1.54) is 24.3 Å². The first kappa shape index (κ1) is 11.1. The van der Waals surface area contributed by atoms with Crippen LogP contribution in [0.1, 0.15) is 16.2 Å². The van der Waals surface area contributed by atoms with E-state index < -0.39 is 11.7 Å². The smallest absolute Gasteiger partial charge is 0.294 e. The first-order valence-corrected chi connectivity index (χ1v) is 4.86. The number of para-hydroxylation sites is 1. The molecule has 0 bridgehead atoms. The molecule has 6 heteroatoms. The van der Waals surface area contributed by atoms with Gasteiger partial charge < -0.3 is 15.6 Å². The van der Waals surface area contributed by atoms with Crippen molar-refractivity contribution in [3.63, 3.8) is 0 Å². The fourth-order valence-electron chi connectivity index (χ4n) is 1.32. The average Bonchev–Trinajstić information content (AvgIpc) is 2.70. The third kappa shape index (κ3) is 2.25. The molecule has 17 heavy (non-hydrogen) atoms. The Morgan fingerprint density at radius 2 is 2.29 bits per heavy atom. The van der Waals surface area contributed by atoms with E-state index in [1.807, 2.05) is 0 Å². The molecule has 5 nitrogen and oxygen atoms in total. The molecule has 1 heterocycles. The molecular weight excluding hydrogens is 225 g/mol. The van der Waals surface area contributed by atoms with Gasteiger partial charge in [0.15, 0.2) is 0 Å². The van der Waals surface area contributed by atoms with E-state index in [-0.39, 0.29) is 17.1 Å². The van der Waals surface area contributed by atoms with E-state index in [4.69, 9.17) is 10.3 Å². The molecule has 2 rings (SSSR count). The summed E-state index contributed by atoms with van der Waals surface area (Å²) >= 11 is 0. The summed E-state index contributed by atoms with van der Waals surface area (Å²) in [5.74, 6) is -1.19. The highest BCUT2D eigenvalue weighted by atomic mass is 19.1. The molecule has 1 aromatic carbocycles. The molecule has 3 N–H and O–H groups in total. The van der Waals surface area contributed by atoms with Crippen LogP contribution in [0.5, 0.6) is 0 Å². The van der Waals surface area contributed by atoms with Crippen molar-refractivity contribution < 1.29 is 13.7 Å². The summed E-state index contributed by atoms with van der Waals surface area (Å²) in [4.78, 5) is 11.7.